The molecule has 2 amide bonds. The molecule has 5 nitrogen and oxygen atoms in total. The summed E-state index contributed by atoms with van der Waals surface area (Å²) in [7, 11) is 1.33. The lowest BCUT2D eigenvalue weighted by Crippen LogP contribution is -2.40. The summed E-state index contributed by atoms with van der Waals surface area (Å²) in [6.45, 7) is 5.98. The number of amides is 2. The zero-order valence-electron chi connectivity index (χ0n) is 11.8. The number of nitrogens with one attached hydrogen (secondary N) is 1. The van der Waals surface area contributed by atoms with Crippen molar-refractivity contribution in [2.24, 2.45) is 5.92 Å². The minimum atomic E-state index is -0.388. The van der Waals surface area contributed by atoms with E-state index in [1.54, 1.807) is 25.1 Å². The molecule has 0 heterocycles. The predicted molar refractivity (Wildman–Crippen MR) is 78.4 cm³/mol. The van der Waals surface area contributed by atoms with Crippen LogP contribution in [0, 0.1) is 5.92 Å². The Balaban J connectivity index is 2.67. The molecule has 1 unspecified atom stereocenters. The molecule has 0 saturated carbocycles. The number of carbonyl (C=O) groups excluding carboxylic acids is 2. The van der Waals surface area contributed by atoms with Gasteiger partial charge >= 0.3 is 12.0 Å². The van der Waals surface area contributed by atoms with Crippen LogP contribution in [0.4, 0.5) is 10.5 Å². The standard InChI is InChI=1S/C15H20N2O3/c1-4-10-17(11-12(2)14(18)20-3)15(19)16-13-8-6-5-7-9-13/h4-9,12H,1,10-11H2,2-3H3,(H,16,19). The lowest BCUT2D eigenvalue weighted by molar-refractivity contribution is -0.145. The Morgan fingerprint density at radius 2 is 2.05 bits per heavy atom. The first-order chi connectivity index (χ1) is 9.58. The van der Waals surface area contributed by atoms with Crippen LogP contribution in [0.5, 0.6) is 0 Å². The molecule has 0 radical (unpaired) electrons. The number of anilines is 1. The van der Waals surface area contributed by atoms with Gasteiger partial charge in [-0.3, -0.25) is 4.79 Å². The van der Waals surface area contributed by atoms with Crippen LogP contribution in [0.3, 0.4) is 0 Å². The molecule has 0 saturated heterocycles. The third-order valence-corrected chi connectivity index (χ3v) is 2.76. The van der Waals surface area contributed by atoms with E-state index in [1.165, 1.54) is 12.0 Å². The molecule has 0 aliphatic rings. The van der Waals surface area contributed by atoms with E-state index in [0.717, 1.165) is 0 Å². The van der Waals surface area contributed by atoms with Gasteiger partial charge < -0.3 is 15.0 Å². The highest BCUT2D eigenvalue weighted by molar-refractivity contribution is 5.89. The number of urea groups is 1. The summed E-state index contributed by atoms with van der Waals surface area (Å²) in [4.78, 5) is 25.1. The molecule has 1 aromatic rings. The summed E-state index contributed by atoms with van der Waals surface area (Å²) < 4.78 is 4.67. The topological polar surface area (TPSA) is 58.6 Å². The van der Waals surface area contributed by atoms with Crippen LogP contribution in [0.1, 0.15) is 6.92 Å². The Kier molecular flexibility index (Phi) is 6.29. The molecule has 108 valence electrons. The molecule has 0 fully saturated rings. The van der Waals surface area contributed by atoms with Crippen LogP contribution in [0.25, 0.3) is 0 Å². The van der Waals surface area contributed by atoms with Gasteiger partial charge in [-0.15, -0.1) is 6.58 Å². The van der Waals surface area contributed by atoms with Crippen molar-refractivity contribution in [2.45, 2.75) is 6.92 Å². The molecular weight excluding hydrogens is 256 g/mol. The summed E-state index contributed by atoms with van der Waals surface area (Å²) in [5.41, 5.74) is 0.706. The first-order valence-electron chi connectivity index (χ1n) is 6.38. The number of hydrogen-bond acceptors (Lipinski definition) is 3. The van der Waals surface area contributed by atoms with Gasteiger partial charge in [-0.25, -0.2) is 4.79 Å². The molecule has 0 spiro atoms. The normalized spacial score (nSPS) is 11.3. The second-order valence-electron chi connectivity index (χ2n) is 4.41. The second kappa shape index (κ2) is 7.99. The number of rotatable bonds is 6. The summed E-state index contributed by atoms with van der Waals surface area (Å²) >= 11 is 0. The van der Waals surface area contributed by atoms with Crippen molar-refractivity contribution >= 4 is 17.7 Å². The van der Waals surface area contributed by atoms with Crippen LogP contribution in [-0.2, 0) is 9.53 Å². The van der Waals surface area contributed by atoms with Gasteiger partial charge in [0.2, 0.25) is 0 Å². The molecule has 0 aliphatic carbocycles. The maximum absolute atomic E-state index is 12.2. The molecule has 0 bridgehead atoms. The zero-order chi connectivity index (χ0) is 15.0. The van der Waals surface area contributed by atoms with Crippen LogP contribution < -0.4 is 5.32 Å². The van der Waals surface area contributed by atoms with Crippen molar-refractivity contribution in [3.63, 3.8) is 0 Å². The van der Waals surface area contributed by atoms with E-state index in [2.05, 4.69) is 16.6 Å². The first-order valence-corrected chi connectivity index (χ1v) is 6.38. The summed E-state index contributed by atoms with van der Waals surface area (Å²) in [5.74, 6) is -0.729. The fourth-order valence-electron chi connectivity index (χ4n) is 1.73. The van der Waals surface area contributed by atoms with E-state index in [1.807, 2.05) is 18.2 Å². The van der Waals surface area contributed by atoms with Gasteiger partial charge in [0.05, 0.1) is 13.0 Å². The predicted octanol–water partition coefficient (Wildman–Crippen LogP) is 2.52. The molecule has 1 aromatic carbocycles. The maximum atomic E-state index is 12.2. The largest absolute Gasteiger partial charge is 0.469 e. The second-order valence-corrected chi connectivity index (χ2v) is 4.41. The van der Waals surface area contributed by atoms with E-state index >= 15 is 0 Å². The van der Waals surface area contributed by atoms with Gasteiger partial charge in [-0.2, -0.15) is 0 Å². The molecular formula is C15H20N2O3. The minimum Gasteiger partial charge on any atom is -0.469 e. The van der Waals surface area contributed by atoms with Gasteiger partial charge in [0.25, 0.3) is 0 Å². The van der Waals surface area contributed by atoms with Gasteiger partial charge in [0.1, 0.15) is 0 Å². The van der Waals surface area contributed by atoms with E-state index in [-0.39, 0.29) is 24.5 Å². The average molecular weight is 276 g/mol. The minimum absolute atomic E-state index is 0.271. The number of benzene rings is 1. The Morgan fingerprint density at radius 3 is 2.60 bits per heavy atom. The molecule has 1 atom stereocenters. The van der Waals surface area contributed by atoms with Crippen molar-refractivity contribution in [1.29, 1.82) is 0 Å². The van der Waals surface area contributed by atoms with Crippen molar-refractivity contribution in [3.05, 3.63) is 43.0 Å². The van der Waals surface area contributed by atoms with E-state index < -0.39 is 0 Å². The number of nitrogens with zero attached hydrogens (tertiary/aromatic N) is 1. The van der Waals surface area contributed by atoms with Crippen LogP contribution >= 0.6 is 0 Å². The van der Waals surface area contributed by atoms with Crippen molar-refractivity contribution in [2.75, 3.05) is 25.5 Å². The lowest BCUT2D eigenvalue weighted by atomic mass is 10.1. The van der Waals surface area contributed by atoms with Gasteiger partial charge in [-0.1, -0.05) is 31.2 Å². The third-order valence-electron chi connectivity index (χ3n) is 2.76. The Hall–Kier alpha value is -2.30. The van der Waals surface area contributed by atoms with Crippen LogP contribution in [0.15, 0.2) is 43.0 Å². The Labute approximate surface area is 119 Å². The Morgan fingerprint density at radius 1 is 1.40 bits per heavy atom. The van der Waals surface area contributed by atoms with E-state index in [0.29, 0.717) is 12.2 Å². The molecule has 1 rings (SSSR count). The molecule has 0 aliphatic heterocycles. The van der Waals surface area contributed by atoms with Gasteiger partial charge in [0.15, 0.2) is 0 Å². The van der Waals surface area contributed by atoms with Gasteiger partial charge in [0, 0.05) is 18.8 Å². The highest BCUT2D eigenvalue weighted by atomic mass is 16.5. The smallest absolute Gasteiger partial charge is 0.322 e. The van der Waals surface area contributed by atoms with E-state index in [4.69, 9.17) is 0 Å². The number of esters is 1. The first kappa shape index (κ1) is 15.8. The van der Waals surface area contributed by atoms with Gasteiger partial charge in [-0.05, 0) is 12.1 Å². The number of hydrogen-bond donors (Lipinski definition) is 1. The number of para-hydroxylation sites is 1. The SMILES string of the molecule is C=CCN(CC(C)C(=O)OC)C(=O)Nc1ccccc1. The van der Waals surface area contributed by atoms with Crippen molar-refractivity contribution in [1.82, 2.24) is 4.90 Å². The molecule has 20 heavy (non-hydrogen) atoms. The Bertz CT molecular complexity index is 459. The fraction of sp³-hybridized carbons (Fsp3) is 0.333. The number of ether oxygens (including phenoxy) is 1. The molecule has 5 heteroatoms. The van der Waals surface area contributed by atoms with Crippen LogP contribution in [0.2, 0.25) is 0 Å². The van der Waals surface area contributed by atoms with Crippen molar-refractivity contribution in [3.8, 4) is 0 Å². The monoisotopic (exact) mass is 276 g/mol. The van der Waals surface area contributed by atoms with Crippen molar-refractivity contribution < 1.29 is 14.3 Å². The molecule has 0 aromatic heterocycles. The quantitative estimate of drug-likeness (QED) is 0.641. The average Bonchev–Trinajstić information content (AvgIpc) is 2.46. The van der Waals surface area contributed by atoms with E-state index in [9.17, 15) is 9.59 Å². The van der Waals surface area contributed by atoms with Crippen LogP contribution in [-0.4, -0.2) is 37.1 Å². The number of methoxy groups -OCH3 is 1. The number of carbonyl (C=O) groups is 2. The zero-order valence-corrected chi connectivity index (χ0v) is 11.8. The maximum Gasteiger partial charge on any atom is 0.322 e. The highest BCUT2D eigenvalue weighted by Gasteiger charge is 2.20. The summed E-state index contributed by atoms with van der Waals surface area (Å²) in [6.07, 6.45) is 1.62. The summed E-state index contributed by atoms with van der Waals surface area (Å²) in [6, 6.07) is 8.87. The highest BCUT2D eigenvalue weighted by Crippen LogP contribution is 2.09. The third kappa shape index (κ3) is 4.76. The molecule has 1 N–H and O–H groups in total. The lowest BCUT2D eigenvalue weighted by Gasteiger charge is -2.24. The fourth-order valence-corrected chi connectivity index (χ4v) is 1.73. The summed E-state index contributed by atoms with van der Waals surface area (Å²) in [5, 5.41) is 2.78.